The molecular formula is C25H30Cl2N4O2. The number of likely N-dealkylation sites (N-methyl/N-ethyl adjacent to an activating group) is 1. The molecule has 1 aliphatic rings. The van der Waals surface area contributed by atoms with Gasteiger partial charge in [-0.1, -0.05) is 41.4 Å². The number of nitrogens with zero attached hydrogens (tertiary/aromatic N) is 4. The largest absolute Gasteiger partial charge is 0.444 e. The van der Waals surface area contributed by atoms with E-state index in [4.69, 9.17) is 32.9 Å². The van der Waals surface area contributed by atoms with Crippen molar-refractivity contribution in [3.05, 3.63) is 58.1 Å². The predicted molar refractivity (Wildman–Crippen MR) is 135 cm³/mol. The average molecular weight is 489 g/mol. The number of aromatic nitrogens is 2. The predicted octanol–water partition coefficient (Wildman–Crippen LogP) is 6.23. The molecule has 1 aromatic heterocycles. The molecule has 1 fully saturated rings. The Balaban J connectivity index is 1.62. The van der Waals surface area contributed by atoms with Gasteiger partial charge in [0.15, 0.2) is 0 Å². The molecule has 2 aromatic carbocycles. The molecule has 1 aliphatic heterocycles. The summed E-state index contributed by atoms with van der Waals surface area (Å²) in [5.41, 5.74) is 2.53. The molecule has 1 amide bonds. The summed E-state index contributed by atoms with van der Waals surface area (Å²) in [6, 6.07) is 13.9. The average Bonchev–Trinajstić information content (AvgIpc) is 3.13. The van der Waals surface area contributed by atoms with Crippen molar-refractivity contribution < 1.29 is 9.53 Å². The van der Waals surface area contributed by atoms with Gasteiger partial charge in [0.05, 0.1) is 33.7 Å². The second-order valence-corrected chi connectivity index (χ2v) is 10.4. The highest BCUT2D eigenvalue weighted by molar-refractivity contribution is 6.42. The summed E-state index contributed by atoms with van der Waals surface area (Å²) in [6.45, 7) is 7.85. The first-order valence-corrected chi connectivity index (χ1v) is 12.0. The number of ether oxygens (including phenoxy) is 1. The highest BCUT2D eigenvalue weighted by Gasteiger charge is 2.31. The van der Waals surface area contributed by atoms with Gasteiger partial charge in [0, 0.05) is 20.1 Å². The van der Waals surface area contributed by atoms with Gasteiger partial charge in [0.25, 0.3) is 0 Å². The third kappa shape index (κ3) is 5.39. The van der Waals surface area contributed by atoms with E-state index < -0.39 is 5.60 Å². The number of amides is 1. The van der Waals surface area contributed by atoms with E-state index in [9.17, 15) is 4.79 Å². The zero-order valence-corrected chi connectivity index (χ0v) is 21.0. The molecule has 8 heteroatoms. The molecule has 0 radical (unpaired) electrons. The van der Waals surface area contributed by atoms with Gasteiger partial charge in [-0.3, -0.25) is 0 Å². The van der Waals surface area contributed by atoms with Crippen LogP contribution in [0.1, 0.15) is 39.2 Å². The van der Waals surface area contributed by atoms with Crippen molar-refractivity contribution in [1.29, 1.82) is 0 Å². The van der Waals surface area contributed by atoms with Gasteiger partial charge >= 0.3 is 6.09 Å². The Morgan fingerprint density at radius 3 is 2.67 bits per heavy atom. The van der Waals surface area contributed by atoms with Gasteiger partial charge in [0.1, 0.15) is 5.60 Å². The number of piperidine rings is 1. The molecular weight excluding hydrogens is 459 g/mol. The van der Waals surface area contributed by atoms with Crippen LogP contribution in [-0.4, -0.2) is 52.3 Å². The molecule has 0 bridgehead atoms. The summed E-state index contributed by atoms with van der Waals surface area (Å²) < 4.78 is 7.80. The number of fused-ring (bicyclic) bond motifs is 1. The van der Waals surface area contributed by atoms with Gasteiger partial charge < -0.3 is 19.1 Å². The van der Waals surface area contributed by atoms with Crippen LogP contribution in [0, 0.1) is 0 Å². The molecule has 0 spiro atoms. The summed E-state index contributed by atoms with van der Waals surface area (Å²) in [7, 11) is 1.82. The number of para-hydroxylation sites is 2. The SMILES string of the molecule is CN(C(=O)OC(C)(C)C)[C@@H]1CCCN(c2nc3ccccc3n2Cc2ccc(Cl)c(Cl)c2)C1. The number of imidazole rings is 1. The summed E-state index contributed by atoms with van der Waals surface area (Å²) in [4.78, 5) is 21.6. The van der Waals surface area contributed by atoms with Crippen LogP contribution in [0.5, 0.6) is 0 Å². The van der Waals surface area contributed by atoms with Gasteiger partial charge in [0.2, 0.25) is 5.95 Å². The molecule has 3 aromatic rings. The summed E-state index contributed by atoms with van der Waals surface area (Å²) >= 11 is 12.4. The summed E-state index contributed by atoms with van der Waals surface area (Å²) in [6.07, 6.45) is 1.60. The van der Waals surface area contributed by atoms with Crippen molar-refractivity contribution in [2.75, 3.05) is 25.0 Å². The highest BCUT2D eigenvalue weighted by atomic mass is 35.5. The number of carbonyl (C=O) groups is 1. The number of anilines is 1. The van der Waals surface area contributed by atoms with Gasteiger partial charge in [-0.25, -0.2) is 9.78 Å². The van der Waals surface area contributed by atoms with Crippen LogP contribution in [0.3, 0.4) is 0 Å². The van der Waals surface area contributed by atoms with E-state index in [2.05, 4.69) is 15.5 Å². The van der Waals surface area contributed by atoms with Crippen molar-refractivity contribution in [2.45, 2.75) is 51.8 Å². The van der Waals surface area contributed by atoms with E-state index in [1.165, 1.54) is 0 Å². The zero-order chi connectivity index (χ0) is 23.8. The molecule has 2 heterocycles. The van der Waals surface area contributed by atoms with Crippen molar-refractivity contribution >= 4 is 46.3 Å². The maximum atomic E-state index is 12.7. The Labute approximate surface area is 205 Å². The maximum absolute atomic E-state index is 12.7. The Morgan fingerprint density at radius 1 is 1.18 bits per heavy atom. The Bertz CT molecular complexity index is 1160. The lowest BCUT2D eigenvalue weighted by Gasteiger charge is -2.38. The molecule has 176 valence electrons. The van der Waals surface area contributed by atoms with Crippen LogP contribution >= 0.6 is 23.2 Å². The molecule has 33 heavy (non-hydrogen) atoms. The molecule has 6 nitrogen and oxygen atoms in total. The quantitative estimate of drug-likeness (QED) is 0.436. The monoisotopic (exact) mass is 488 g/mol. The number of benzene rings is 2. The third-order valence-corrected chi connectivity index (χ3v) is 6.61. The molecule has 0 saturated carbocycles. The lowest BCUT2D eigenvalue weighted by molar-refractivity contribution is 0.0209. The van der Waals surface area contributed by atoms with Crippen LogP contribution in [0.4, 0.5) is 10.7 Å². The van der Waals surface area contributed by atoms with Crippen LogP contribution in [0.15, 0.2) is 42.5 Å². The van der Waals surface area contributed by atoms with Crippen molar-refractivity contribution in [3.8, 4) is 0 Å². The number of hydrogen-bond donors (Lipinski definition) is 0. The summed E-state index contributed by atoms with van der Waals surface area (Å²) in [5.74, 6) is 0.893. The van der Waals surface area contributed by atoms with Crippen LogP contribution in [0.2, 0.25) is 10.0 Å². The fraction of sp³-hybridized carbons (Fsp3) is 0.440. The highest BCUT2D eigenvalue weighted by Crippen LogP contribution is 2.29. The smallest absolute Gasteiger partial charge is 0.410 e. The minimum Gasteiger partial charge on any atom is -0.444 e. The van der Waals surface area contributed by atoms with Crippen molar-refractivity contribution in [2.24, 2.45) is 0 Å². The van der Waals surface area contributed by atoms with E-state index in [0.717, 1.165) is 41.9 Å². The molecule has 0 N–H and O–H groups in total. The zero-order valence-electron chi connectivity index (χ0n) is 19.5. The molecule has 0 unspecified atom stereocenters. The molecule has 4 rings (SSSR count). The first-order valence-electron chi connectivity index (χ1n) is 11.2. The fourth-order valence-electron chi connectivity index (χ4n) is 4.22. The molecule has 1 saturated heterocycles. The Morgan fingerprint density at radius 2 is 1.94 bits per heavy atom. The lowest BCUT2D eigenvalue weighted by Crippen LogP contribution is -2.50. The van der Waals surface area contributed by atoms with Crippen molar-refractivity contribution in [3.63, 3.8) is 0 Å². The van der Waals surface area contributed by atoms with Gasteiger partial charge in [-0.2, -0.15) is 0 Å². The lowest BCUT2D eigenvalue weighted by atomic mass is 10.1. The standard InChI is InChI=1S/C25H30Cl2N4O2/c1-25(2,3)33-24(32)29(4)18-8-7-13-30(16-18)23-28-21-9-5-6-10-22(21)31(23)15-17-11-12-19(26)20(27)14-17/h5-6,9-12,14,18H,7-8,13,15-16H2,1-4H3/t18-/m1/s1. The van der Waals surface area contributed by atoms with Gasteiger partial charge in [-0.05, 0) is 63.4 Å². The number of rotatable bonds is 4. The second kappa shape index (κ2) is 9.43. The number of carbonyl (C=O) groups excluding carboxylic acids is 1. The van der Waals surface area contributed by atoms with Crippen LogP contribution in [0.25, 0.3) is 11.0 Å². The van der Waals surface area contributed by atoms with Crippen molar-refractivity contribution in [1.82, 2.24) is 14.5 Å². The number of hydrogen-bond acceptors (Lipinski definition) is 4. The van der Waals surface area contributed by atoms with Gasteiger partial charge in [-0.15, -0.1) is 0 Å². The second-order valence-electron chi connectivity index (χ2n) is 9.57. The topological polar surface area (TPSA) is 50.6 Å². The number of halogens is 2. The minimum absolute atomic E-state index is 0.0480. The fourth-order valence-corrected chi connectivity index (χ4v) is 4.54. The van der Waals surface area contributed by atoms with E-state index in [-0.39, 0.29) is 12.1 Å². The van der Waals surface area contributed by atoms with E-state index in [1.807, 2.05) is 64.2 Å². The Kier molecular flexibility index (Phi) is 6.78. The third-order valence-electron chi connectivity index (χ3n) is 5.87. The molecule has 1 atom stereocenters. The first kappa shape index (κ1) is 23.7. The minimum atomic E-state index is -0.520. The summed E-state index contributed by atoms with van der Waals surface area (Å²) in [5, 5.41) is 1.08. The van der Waals surface area contributed by atoms with E-state index in [1.54, 1.807) is 4.90 Å². The first-order chi connectivity index (χ1) is 15.6. The van der Waals surface area contributed by atoms with Crippen LogP contribution in [-0.2, 0) is 11.3 Å². The normalized spacial score (nSPS) is 16.8. The Hall–Kier alpha value is -2.44. The van der Waals surface area contributed by atoms with E-state index >= 15 is 0 Å². The van der Waals surface area contributed by atoms with Crippen LogP contribution < -0.4 is 4.90 Å². The molecule has 0 aliphatic carbocycles. The van der Waals surface area contributed by atoms with E-state index in [0.29, 0.717) is 23.1 Å². The maximum Gasteiger partial charge on any atom is 0.410 e.